The molecule has 1 aliphatic rings. The van der Waals surface area contributed by atoms with E-state index in [1.165, 1.54) is 51.3 Å². The quantitative estimate of drug-likeness (QED) is 0.821. The SMILES string of the molecule is CC(C)(C)CN1CCN(CCc2ccccc2)CC1. The van der Waals surface area contributed by atoms with E-state index in [0.29, 0.717) is 5.41 Å². The minimum absolute atomic E-state index is 0.423. The first-order chi connectivity index (χ1) is 9.03. The first-order valence-corrected chi connectivity index (χ1v) is 7.52. The number of hydrogen-bond donors (Lipinski definition) is 0. The molecule has 0 unspecified atom stereocenters. The average molecular weight is 260 g/mol. The van der Waals surface area contributed by atoms with Crippen LogP contribution in [-0.2, 0) is 6.42 Å². The van der Waals surface area contributed by atoms with Crippen LogP contribution in [0.15, 0.2) is 30.3 Å². The summed E-state index contributed by atoms with van der Waals surface area (Å²) in [6, 6.07) is 10.8. The normalized spacial score (nSPS) is 18.7. The Morgan fingerprint density at radius 3 is 2.05 bits per heavy atom. The highest BCUT2D eigenvalue weighted by Crippen LogP contribution is 2.16. The Kier molecular flexibility index (Phi) is 5.00. The van der Waals surface area contributed by atoms with Gasteiger partial charge in [0, 0.05) is 39.3 Å². The Morgan fingerprint density at radius 1 is 0.895 bits per heavy atom. The summed E-state index contributed by atoms with van der Waals surface area (Å²) in [5.41, 5.74) is 1.88. The van der Waals surface area contributed by atoms with Crippen LogP contribution in [0.4, 0.5) is 0 Å². The molecular formula is C17H28N2. The molecule has 0 amide bonds. The third-order valence-electron chi connectivity index (χ3n) is 3.72. The lowest BCUT2D eigenvalue weighted by atomic mass is 9.96. The van der Waals surface area contributed by atoms with Gasteiger partial charge in [-0.25, -0.2) is 0 Å². The molecular weight excluding hydrogens is 232 g/mol. The fraction of sp³-hybridized carbons (Fsp3) is 0.647. The van der Waals surface area contributed by atoms with E-state index < -0.39 is 0 Å². The van der Waals surface area contributed by atoms with Gasteiger partial charge in [-0.2, -0.15) is 0 Å². The van der Waals surface area contributed by atoms with Gasteiger partial charge in [-0.15, -0.1) is 0 Å². The van der Waals surface area contributed by atoms with Crippen molar-refractivity contribution in [1.82, 2.24) is 9.80 Å². The number of hydrogen-bond acceptors (Lipinski definition) is 2. The summed E-state index contributed by atoms with van der Waals surface area (Å²) in [6.45, 7) is 14.3. The first kappa shape index (κ1) is 14.5. The fourth-order valence-corrected chi connectivity index (χ4v) is 2.77. The van der Waals surface area contributed by atoms with Gasteiger partial charge in [0.25, 0.3) is 0 Å². The second-order valence-electron chi connectivity index (χ2n) is 6.91. The summed E-state index contributed by atoms with van der Waals surface area (Å²) in [5.74, 6) is 0. The topological polar surface area (TPSA) is 6.48 Å². The molecule has 0 bridgehead atoms. The molecule has 19 heavy (non-hydrogen) atoms. The fourth-order valence-electron chi connectivity index (χ4n) is 2.77. The molecule has 106 valence electrons. The van der Waals surface area contributed by atoms with E-state index in [-0.39, 0.29) is 0 Å². The summed E-state index contributed by atoms with van der Waals surface area (Å²) < 4.78 is 0. The van der Waals surface area contributed by atoms with E-state index in [2.05, 4.69) is 60.9 Å². The van der Waals surface area contributed by atoms with Crippen molar-refractivity contribution in [2.75, 3.05) is 39.3 Å². The molecule has 0 radical (unpaired) electrons. The van der Waals surface area contributed by atoms with Gasteiger partial charge < -0.3 is 9.80 Å². The molecule has 0 N–H and O–H groups in total. The van der Waals surface area contributed by atoms with Gasteiger partial charge in [0.05, 0.1) is 0 Å². The highest BCUT2D eigenvalue weighted by atomic mass is 15.3. The summed E-state index contributed by atoms with van der Waals surface area (Å²) >= 11 is 0. The zero-order chi connectivity index (χ0) is 13.7. The highest BCUT2D eigenvalue weighted by molar-refractivity contribution is 5.14. The second-order valence-corrected chi connectivity index (χ2v) is 6.91. The summed E-state index contributed by atoms with van der Waals surface area (Å²) in [6.07, 6.45) is 1.18. The lowest BCUT2D eigenvalue weighted by Gasteiger charge is -2.37. The standard InChI is InChI=1S/C17H28N2/c1-17(2,3)15-19-13-11-18(12-14-19)10-9-16-7-5-4-6-8-16/h4-8H,9-15H2,1-3H3. The van der Waals surface area contributed by atoms with Gasteiger partial charge in [0.15, 0.2) is 0 Å². The summed E-state index contributed by atoms with van der Waals surface area (Å²) in [7, 11) is 0. The van der Waals surface area contributed by atoms with Crippen LogP contribution >= 0.6 is 0 Å². The van der Waals surface area contributed by atoms with Crippen molar-refractivity contribution in [3.05, 3.63) is 35.9 Å². The lowest BCUT2D eigenvalue weighted by molar-refractivity contribution is 0.103. The summed E-state index contributed by atoms with van der Waals surface area (Å²) in [4.78, 5) is 5.21. The predicted molar refractivity (Wildman–Crippen MR) is 82.5 cm³/mol. The molecule has 1 aromatic rings. The Bertz CT molecular complexity index is 359. The van der Waals surface area contributed by atoms with Crippen LogP contribution in [0.25, 0.3) is 0 Å². The van der Waals surface area contributed by atoms with Crippen LogP contribution in [0, 0.1) is 5.41 Å². The minimum Gasteiger partial charge on any atom is -0.300 e. The molecule has 1 aromatic carbocycles. The third-order valence-corrected chi connectivity index (χ3v) is 3.72. The molecule has 1 fully saturated rings. The van der Waals surface area contributed by atoms with Crippen molar-refractivity contribution in [3.63, 3.8) is 0 Å². The van der Waals surface area contributed by atoms with E-state index in [9.17, 15) is 0 Å². The maximum Gasteiger partial charge on any atom is 0.0110 e. The van der Waals surface area contributed by atoms with Gasteiger partial charge in [-0.05, 0) is 17.4 Å². The maximum atomic E-state index is 2.61. The number of nitrogens with zero attached hydrogens (tertiary/aromatic N) is 2. The minimum atomic E-state index is 0.423. The smallest absolute Gasteiger partial charge is 0.0110 e. The number of benzene rings is 1. The van der Waals surface area contributed by atoms with Gasteiger partial charge in [-0.3, -0.25) is 0 Å². The van der Waals surface area contributed by atoms with Crippen LogP contribution in [-0.4, -0.2) is 49.1 Å². The second kappa shape index (κ2) is 6.53. The Hall–Kier alpha value is -0.860. The van der Waals surface area contributed by atoms with E-state index in [0.717, 1.165) is 0 Å². The monoisotopic (exact) mass is 260 g/mol. The van der Waals surface area contributed by atoms with Crippen molar-refractivity contribution >= 4 is 0 Å². The molecule has 1 saturated heterocycles. The molecule has 0 aliphatic carbocycles. The first-order valence-electron chi connectivity index (χ1n) is 7.52. The number of piperazine rings is 1. The Balaban J connectivity index is 1.69. The predicted octanol–water partition coefficient (Wildman–Crippen LogP) is 2.89. The molecule has 1 aliphatic heterocycles. The van der Waals surface area contributed by atoms with Gasteiger partial charge in [0.2, 0.25) is 0 Å². The van der Waals surface area contributed by atoms with E-state index >= 15 is 0 Å². The molecule has 1 heterocycles. The van der Waals surface area contributed by atoms with Crippen molar-refractivity contribution in [1.29, 1.82) is 0 Å². The molecule has 2 rings (SSSR count). The van der Waals surface area contributed by atoms with Crippen LogP contribution < -0.4 is 0 Å². The van der Waals surface area contributed by atoms with Gasteiger partial charge >= 0.3 is 0 Å². The van der Waals surface area contributed by atoms with E-state index in [1.54, 1.807) is 0 Å². The zero-order valence-electron chi connectivity index (χ0n) is 12.7. The zero-order valence-corrected chi connectivity index (χ0v) is 12.7. The summed E-state index contributed by atoms with van der Waals surface area (Å²) in [5, 5.41) is 0. The maximum absolute atomic E-state index is 2.61. The largest absolute Gasteiger partial charge is 0.300 e. The molecule has 0 aromatic heterocycles. The molecule has 2 heteroatoms. The Labute approximate surface area is 118 Å². The van der Waals surface area contributed by atoms with Gasteiger partial charge in [0.1, 0.15) is 0 Å². The molecule has 0 saturated carbocycles. The van der Waals surface area contributed by atoms with Crippen molar-refractivity contribution < 1.29 is 0 Å². The van der Waals surface area contributed by atoms with Crippen LogP contribution in [0.3, 0.4) is 0 Å². The number of rotatable bonds is 4. The highest BCUT2D eigenvalue weighted by Gasteiger charge is 2.21. The molecule has 2 nitrogen and oxygen atoms in total. The lowest BCUT2D eigenvalue weighted by Crippen LogP contribution is -2.49. The van der Waals surface area contributed by atoms with Crippen LogP contribution in [0.1, 0.15) is 26.3 Å². The van der Waals surface area contributed by atoms with Gasteiger partial charge in [-0.1, -0.05) is 51.1 Å². The van der Waals surface area contributed by atoms with E-state index in [4.69, 9.17) is 0 Å². The average Bonchev–Trinajstić information content (AvgIpc) is 2.37. The van der Waals surface area contributed by atoms with Crippen molar-refractivity contribution in [2.45, 2.75) is 27.2 Å². The van der Waals surface area contributed by atoms with Crippen molar-refractivity contribution in [2.24, 2.45) is 5.41 Å². The van der Waals surface area contributed by atoms with Crippen molar-refractivity contribution in [3.8, 4) is 0 Å². The van der Waals surface area contributed by atoms with Crippen LogP contribution in [0.2, 0.25) is 0 Å². The third kappa shape index (κ3) is 5.33. The van der Waals surface area contributed by atoms with Crippen LogP contribution in [0.5, 0.6) is 0 Å². The molecule has 0 atom stereocenters. The Morgan fingerprint density at radius 2 is 1.47 bits per heavy atom. The van der Waals surface area contributed by atoms with E-state index in [1.807, 2.05) is 0 Å². The molecule has 0 spiro atoms.